The predicted molar refractivity (Wildman–Crippen MR) is 97.6 cm³/mol. The highest BCUT2D eigenvalue weighted by atomic mass is 32.2. The Bertz CT molecular complexity index is 916. The van der Waals surface area contributed by atoms with Gasteiger partial charge in [-0.2, -0.15) is 0 Å². The van der Waals surface area contributed by atoms with E-state index in [9.17, 15) is 13.2 Å². The van der Waals surface area contributed by atoms with Crippen molar-refractivity contribution in [3.8, 4) is 5.69 Å². The van der Waals surface area contributed by atoms with Crippen molar-refractivity contribution >= 4 is 27.3 Å². The van der Waals surface area contributed by atoms with Crippen LogP contribution in [0.15, 0.2) is 70.5 Å². The summed E-state index contributed by atoms with van der Waals surface area (Å²) >= 11 is 1.15. The average Bonchev–Trinajstić information content (AvgIpc) is 3.32. The second kappa shape index (κ2) is 7.64. The van der Waals surface area contributed by atoms with Gasteiger partial charge in [-0.1, -0.05) is 6.07 Å². The number of carbonyl (C=O) groups excluding carboxylic acids is 1. The first-order valence-electron chi connectivity index (χ1n) is 7.61. The van der Waals surface area contributed by atoms with Crippen LogP contribution in [0, 0.1) is 0 Å². The van der Waals surface area contributed by atoms with Gasteiger partial charge in [-0.25, -0.2) is 13.1 Å². The van der Waals surface area contributed by atoms with Crippen LogP contribution < -0.4 is 10.0 Å². The fraction of sp³-hybridized carbons (Fsp3) is 0.118. The largest absolute Gasteiger partial charge is 0.351 e. The Hall–Kier alpha value is -2.42. The fourth-order valence-corrected chi connectivity index (χ4v) is 4.31. The summed E-state index contributed by atoms with van der Waals surface area (Å²) in [4.78, 5) is 12.1. The molecule has 0 saturated carbocycles. The molecule has 2 N–H and O–H groups in total. The highest BCUT2D eigenvalue weighted by molar-refractivity contribution is 7.91. The molecular formula is C17H17N3O3S2. The second-order valence-electron chi connectivity index (χ2n) is 5.22. The van der Waals surface area contributed by atoms with Crippen LogP contribution in [-0.4, -0.2) is 32.0 Å². The molecule has 0 radical (unpaired) electrons. The minimum Gasteiger partial charge on any atom is -0.351 e. The van der Waals surface area contributed by atoms with Gasteiger partial charge < -0.3 is 9.88 Å². The van der Waals surface area contributed by atoms with Gasteiger partial charge in [0.2, 0.25) is 10.0 Å². The van der Waals surface area contributed by atoms with Crippen molar-refractivity contribution in [2.45, 2.75) is 4.21 Å². The number of rotatable bonds is 7. The summed E-state index contributed by atoms with van der Waals surface area (Å²) < 4.78 is 28.6. The van der Waals surface area contributed by atoms with E-state index in [1.165, 1.54) is 6.07 Å². The van der Waals surface area contributed by atoms with Gasteiger partial charge in [0.05, 0.1) is 0 Å². The normalized spacial score (nSPS) is 11.4. The number of hydrogen-bond acceptors (Lipinski definition) is 4. The first kappa shape index (κ1) is 17.4. The molecule has 1 aromatic carbocycles. The number of carbonyl (C=O) groups is 1. The average molecular weight is 375 g/mol. The fourth-order valence-electron chi connectivity index (χ4n) is 2.24. The zero-order valence-electron chi connectivity index (χ0n) is 13.3. The molecule has 2 aromatic heterocycles. The number of hydrogen-bond donors (Lipinski definition) is 2. The molecule has 1 amide bonds. The Kier molecular flexibility index (Phi) is 5.32. The molecule has 130 valence electrons. The zero-order chi connectivity index (χ0) is 17.7. The number of aromatic nitrogens is 1. The van der Waals surface area contributed by atoms with E-state index >= 15 is 0 Å². The number of amides is 1. The smallest absolute Gasteiger partial charge is 0.251 e. The van der Waals surface area contributed by atoms with Gasteiger partial charge in [-0.3, -0.25) is 4.79 Å². The van der Waals surface area contributed by atoms with Crippen LogP contribution in [-0.2, 0) is 10.0 Å². The van der Waals surface area contributed by atoms with E-state index in [-0.39, 0.29) is 23.2 Å². The lowest BCUT2D eigenvalue weighted by Gasteiger charge is -2.08. The molecule has 25 heavy (non-hydrogen) atoms. The van der Waals surface area contributed by atoms with Crippen LogP contribution in [0.5, 0.6) is 0 Å². The molecule has 0 fully saturated rings. The third-order valence-corrected chi connectivity index (χ3v) is 6.35. The van der Waals surface area contributed by atoms with Crippen molar-refractivity contribution < 1.29 is 13.2 Å². The summed E-state index contributed by atoms with van der Waals surface area (Å²) in [5.41, 5.74) is 1.49. The zero-order valence-corrected chi connectivity index (χ0v) is 14.9. The van der Waals surface area contributed by atoms with Gasteiger partial charge in [0, 0.05) is 36.7 Å². The predicted octanol–water partition coefficient (Wildman–Crippen LogP) is 2.25. The molecule has 0 atom stereocenters. The molecule has 8 heteroatoms. The SMILES string of the molecule is O=C(NCCNS(=O)(=O)c1cccs1)c1ccc(-n2cccc2)cc1. The van der Waals surface area contributed by atoms with Crippen molar-refractivity contribution in [2.24, 2.45) is 0 Å². The summed E-state index contributed by atoms with van der Waals surface area (Å²) in [5.74, 6) is -0.241. The summed E-state index contributed by atoms with van der Waals surface area (Å²) in [5, 5.41) is 4.40. The minimum atomic E-state index is -3.50. The Balaban J connectivity index is 1.50. The van der Waals surface area contributed by atoms with Crippen LogP contribution in [0.1, 0.15) is 10.4 Å². The second-order valence-corrected chi connectivity index (χ2v) is 8.16. The quantitative estimate of drug-likeness (QED) is 0.622. The summed E-state index contributed by atoms with van der Waals surface area (Å²) in [7, 11) is -3.50. The van der Waals surface area contributed by atoms with Crippen molar-refractivity contribution in [3.05, 3.63) is 71.9 Å². The van der Waals surface area contributed by atoms with Crippen molar-refractivity contribution in [3.63, 3.8) is 0 Å². The van der Waals surface area contributed by atoms with Crippen molar-refractivity contribution in [2.75, 3.05) is 13.1 Å². The van der Waals surface area contributed by atoms with Crippen molar-refractivity contribution in [1.82, 2.24) is 14.6 Å². The Morgan fingerprint density at radius 2 is 1.72 bits per heavy atom. The molecule has 0 bridgehead atoms. The summed E-state index contributed by atoms with van der Waals surface area (Å²) in [6.45, 7) is 0.343. The van der Waals surface area contributed by atoms with E-state index in [1.54, 1.807) is 23.6 Å². The van der Waals surface area contributed by atoms with Crippen LogP contribution in [0.25, 0.3) is 5.69 Å². The molecule has 3 rings (SSSR count). The number of sulfonamides is 1. The number of benzene rings is 1. The summed E-state index contributed by atoms with van der Waals surface area (Å²) in [6.07, 6.45) is 3.85. The van der Waals surface area contributed by atoms with E-state index in [0.717, 1.165) is 17.0 Å². The first-order valence-corrected chi connectivity index (χ1v) is 9.97. The van der Waals surface area contributed by atoms with Crippen molar-refractivity contribution in [1.29, 1.82) is 0 Å². The van der Waals surface area contributed by atoms with E-state index in [2.05, 4.69) is 10.0 Å². The summed E-state index contributed by atoms with van der Waals surface area (Å²) in [6, 6.07) is 14.3. The maximum Gasteiger partial charge on any atom is 0.251 e. The Morgan fingerprint density at radius 3 is 2.36 bits per heavy atom. The molecule has 2 heterocycles. The van der Waals surface area contributed by atoms with Crippen LogP contribution in [0.2, 0.25) is 0 Å². The third kappa shape index (κ3) is 4.36. The van der Waals surface area contributed by atoms with Gasteiger partial charge in [0.15, 0.2) is 0 Å². The minimum absolute atomic E-state index is 0.132. The third-order valence-electron chi connectivity index (χ3n) is 3.49. The maximum absolute atomic E-state index is 12.1. The van der Waals surface area contributed by atoms with Gasteiger partial charge in [0.1, 0.15) is 4.21 Å². The molecule has 0 aliphatic rings. The van der Waals surface area contributed by atoms with E-state index in [4.69, 9.17) is 0 Å². The van der Waals surface area contributed by atoms with Crippen LogP contribution >= 0.6 is 11.3 Å². The Labute approximate surface area is 150 Å². The monoisotopic (exact) mass is 375 g/mol. The highest BCUT2D eigenvalue weighted by Crippen LogP contribution is 2.14. The van der Waals surface area contributed by atoms with Crippen LogP contribution in [0.4, 0.5) is 0 Å². The van der Waals surface area contributed by atoms with Gasteiger partial charge in [-0.05, 0) is 47.8 Å². The molecule has 0 spiro atoms. The standard InChI is InChI=1S/C17H17N3O3S2/c21-17(14-5-7-15(8-6-14)20-11-1-2-12-20)18-9-10-19-25(22,23)16-4-3-13-24-16/h1-8,11-13,19H,9-10H2,(H,18,21). The molecule has 6 nitrogen and oxygen atoms in total. The molecular weight excluding hydrogens is 358 g/mol. The number of nitrogens with one attached hydrogen (secondary N) is 2. The number of thiophene rings is 1. The Morgan fingerprint density at radius 1 is 1.00 bits per heavy atom. The lowest BCUT2D eigenvalue weighted by molar-refractivity contribution is 0.0954. The first-order chi connectivity index (χ1) is 12.1. The van der Waals surface area contributed by atoms with Gasteiger partial charge in [0.25, 0.3) is 5.91 Å². The van der Waals surface area contributed by atoms with Crippen LogP contribution in [0.3, 0.4) is 0 Å². The molecule has 0 aliphatic carbocycles. The number of nitrogens with zero attached hydrogens (tertiary/aromatic N) is 1. The molecule has 0 aliphatic heterocycles. The lowest BCUT2D eigenvalue weighted by Crippen LogP contribution is -2.34. The topological polar surface area (TPSA) is 80.2 Å². The van der Waals surface area contributed by atoms with E-state index in [0.29, 0.717) is 5.56 Å². The molecule has 0 unspecified atom stereocenters. The highest BCUT2D eigenvalue weighted by Gasteiger charge is 2.14. The molecule has 0 saturated heterocycles. The van der Waals surface area contributed by atoms with Gasteiger partial charge >= 0.3 is 0 Å². The molecule has 3 aromatic rings. The van der Waals surface area contributed by atoms with Gasteiger partial charge in [-0.15, -0.1) is 11.3 Å². The van der Waals surface area contributed by atoms with E-state index in [1.807, 2.05) is 41.2 Å². The maximum atomic E-state index is 12.1. The lowest BCUT2D eigenvalue weighted by atomic mass is 10.2. The van der Waals surface area contributed by atoms with E-state index < -0.39 is 10.0 Å².